The van der Waals surface area contributed by atoms with Crippen molar-refractivity contribution in [1.29, 1.82) is 0 Å². The predicted molar refractivity (Wildman–Crippen MR) is 78.3 cm³/mol. The monoisotopic (exact) mass is 332 g/mol. The Morgan fingerprint density at radius 2 is 1.57 bits per heavy atom. The van der Waals surface area contributed by atoms with Crippen molar-refractivity contribution < 1.29 is 32.9 Å². The lowest BCUT2D eigenvalue weighted by molar-refractivity contribution is -0.296. The molecule has 0 N–H and O–H groups in total. The normalized spacial score (nSPS) is 35.6. The quantitative estimate of drug-likeness (QED) is 0.736. The van der Waals surface area contributed by atoms with Crippen molar-refractivity contribution in [1.82, 2.24) is 0 Å². The third-order valence-electron chi connectivity index (χ3n) is 4.19. The second-order valence-corrected chi connectivity index (χ2v) is 6.20. The summed E-state index contributed by atoms with van der Waals surface area (Å²) in [4.78, 5) is 22.5. The lowest BCUT2D eigenvalue weighted by atomic mass is 9.97. The van der Waals surface area contributed by atoms with Crippen LogP contribution >= 0.6 is 0 Å². The van der Waals surface area contributed by atoms with Crippen LogP contribution in [0.3, 0.4) is 0 Å². The molecular weight excluding hydrogens is 307 g/mol. The Hall–Kier alpha value is -1.21. The number of carbonyl (C=O) groups is 2. The van der Waals surface area contributed by atoms with E-state index in [4.69, 9.17) is 18.9 Å². The predicted octanol–water partition coefficient (Wildman–Crippen LogP) is 2.28. The van der Waals surface area contributed by atoms with E-state index in [0.29, 0.717) is 0 Å². The zero-order chi connectivity index (χ0) is 17.0. The van der Waals surface area contributed by atoms with Gasteiger partial charge in [-0.25, -0.2) is 4.39 Å². The molecule has 6 nitrogen and oxygen atoms in total. The molecule has 0 spiro atoms. The highest BCUT2D eigenvalue weighted by Crippen LogP contribution is 2.31. The molecule has 1 saturated heterocycles. The van der Waals surface area contributed by atoms with Gasteiger partial charge in [0.15, 0.2) is 24.7 Å². The van der Waals surface area contributed by atoms with Gasteiger partial charge in [0.25, 0.3) is 0 Å². The zero-order valence-corrected chi connectivity index (χ0v) is 13.8. The largest absolute Gasteiger partial charge is 0.456 e. The van der Waals surface area contributed by atoms with Gasteiger partial charge in [-0.05, 0) is 19.8 Å². The van der Waals surface area contributed by atoms with Crippen LogP contribution in [0.5, 0.6) is 0 Å². The molecule has 2 rings (SSSR count). The third-order valence-corrected chi connectivity index (χ3v) is 4.19. The molecule has 132 valence electrons. The minimum Gasteiger partial charge on any atom is -0.456 e. The number of ether oxygens (including phenoxy) is 4. The Kier molecular flexibility index (Phi) is 6.35. The maximum atomic E-state index is 14.8. The molecule has 1 aliphatic carbocycles. The summed E-state index contributed by atoms with van der Waals surface area (Å²) in [6.45, 7) is 4.05. The highest BCUT2D eigenvalue weighted by Gasteiger charge is 2.50. The highest BCUT2D eigenvalue weighted by atomic mass is 19.1. The van der Waals surface area contributed by atoms with Crippen molar-refractivity contribution in [3.05, 3.63) is 0 Å². The van der Waals surface area contributed by atoms with E-state index >= 15 is 0 Å². The number of carbonyl (C=O) groups excluding carboxylic acids is 2. The van der Waals surface area contributed by atoms with Gasteiger partial charge in [-0.1, -0.05) is 19.3 Å². The van der Waals surface area contributed by atoms with E-state index < -0.39 is 42.7 Å². The lowest BCUT2D eigenvalue weighted by Crippen LogP contribution is -2.59. The van der Waals surface area contributed by atoms with Crippen LogP contribution in [0.15, 0.2) is 0 Å². The summed E-state index contributed by atoms with van der Waals surface area (Å²) in [6.07, 6.45) is -0.742. The summed E-state index contributed by atoms with van der Waals surface area (Å²) in [5, 5.41) is 0. The molecule has 1 aliphatic heterocycles. The summed E-state index contributed by atoms with van der Waals surface area (Å²) in [5.41, 5.74) is 0. The van der Waals surface area contributed by atoms with E-state index in [2.05, 4.69) is 0 Å². The molecule has 2 aliphatic rings. The summed E-state index contributed by atoms with van der Waals surface area (Å²) in [5.74, 6) is -1.22. The van der Waals surface area contributed by atoms with Gasteiger partial charge < -0.3 is 18.9 Å². The number of esters is 2. The van der Waals surface area contributed by atoms with Gasteiger partial charge in [0.2, 0.25) is 0 Å². The fourth-order valence-electron chi connectivity index (χ4n) is 3.14. The second-order valence-electron chi connectivity index (χ2n) is 6.20. The SMILES string of the molecule is CC(=O)O[C@H]1[C@H](F)[C@@H](OC2CCCCC2)O[C@@H](C)[C@H]1OC(C)=O. The smallest absolute Gasteiger partial charge is 0.303 e. The van der Waals surface area contributed by atoms with Crippen molar-refractivity contribution in [3.63, 3.8) is 0 Å². The fourth-order valence-corrected chi connectivity index (χ4v) is 3.14. The van der Waals surface area contributed by atoms with Gasteiger partial charge in [-0.3, -0.25) is 9.59 Å². The van der Waals surface area contributed by atoms with Crippen LogP contribution in [0.2, 0.25) is 0 Å². The first-order chi connectivity index (χ1) is 10.9. The number of hydrogen-bond donors (Lipinski definition) is 0. The van der Waals surface area contributed by atoms with Gasteiger partial charge in [0.05, 0.1) is 12.2 Å². The minimum atomic E-state index is -1.71. The number of alkyl halides is 1. The zero-order valence-electron chi connectivity index (χ0n) is 13.8. The Bertz CT molecular complexity index is 423. The molecule has 1 heterocycles. The van der Waals surface area contributed by atoms with Gasteiger partial charge in [0, 0.05) is 13.8 Å². The maximum Gasteiger partial charge on any atom is 0.303 e. The summed E-state index contributed by atoms with van der Waals surface area (Å²) in [7, 11) is 0. The second kappa shape index (κ2) is 8.06. The van der Waals surface area contributed by atoms with E-state index in [9.17, 15) is 14.0 Å². The summed E-state index contributed by atoms with van der Waals surface area (Å²) >= 11 is 0. The molecule has 2 fully saturated rings. The Balaban J connectivity index is 2.07. The Morgan fingerprint density at radius 3 is 2.13 bits per heavy atom. The van der Waals surface area contributed by atoms with Gasteiger partial charge in [-0.2, -0.15) is 0 Å². The molecule has 0 aromatic heterocycles. The molecule has 23 heavy (non-hydrogen) atoms. The van der Waals surface area contributed by atoms with Crippen LogP contribution in [-0.2, 0) is 28.5 Å². The standard InChI is InChI=1S/C16H25FO6/c1-9-14(21-10(2)18)15(22-11(3)19)13(17)16(20-9)23-12-7-5-4-6-8-12/h9,12-16H,4-8H2,1-3H3/t9-,13-,14+,15-,16+/m0/s1. The van der Waals surface area contributed by atoms with Gasteiger partial charge in [-0.15, -0.1) is 0 Å². The van der Waals surface area contributed by atoms with Crippen LogP contribution in [0.1, 0.15) is 52.9 Å². The number of halogens is 1. The molecule has 0 bridgehead atoms. The van der Waals surface area contributed by atoms with Crippen LogP contribution in [0.25, 0.3) is 0 Å². The van der Waals surface area contributed by atoms with E-state index in [0.717, 1.165) is 32.1 Å². The first-order valence-corrected chi connectivity index (χ1v) is 8.18. The van der Waals surface area contributed by atoms with Gasteiger partial charge in [0.1, 0.15) is 0 Å². The molecule has 0 aromatic rings. The molecule has 0 unspecified atom stereocenters. The van der Waals surface area contributed by atoms with E-state index in [1.165, 1.54) is 13.8 Å². The van der Waals surface area contributed by atoms with Crippen molar-refractivity contribution in [2.24, 2.45) is 0 Å². The van der Waals surface area contributed by atoms with Crippen LogP contribution in [-0.4, -0.2) is 48.8 Å². The van der Waals surface area contributed by atoms with Crippen molar-refractivity contribution >= 4 is 11.9 Å². The number of rotatable bonds is 4. The molecule has 0 radical (unpaired) electrons. The minimum absolute atomic E-state index is 0.0533. The van der Waals surface area contributed by atoms with Crippen molar-refractivity contribution in [2.45, 2.75) is 89.8 Å². The van der Waals surface area contributed by atoms with Crippen molar-refractivity contribution in [2.75, 3.05) is 0 Å². The molecular formula is C16H25FO6. The Morgan fingerprint density at radius 1 is 1.00 bits per heavy atom. The van der Waals surface area contributed by atoms with E-state index in [1.54, 1.807) is 6.92 Å². The van der Waals surface area contributed by atoms with Crippen LogP contribution in [0.4, 0.5) is 4.39 Å². The molecule has 1 saturated carbocycles. The van der Waals surface area contributed by atoms with E-state index in [-0.39, 0.29) is 6.10 Å². The van der Waals surface area contributed by atoms with E-state index in [1.807, 2.05) is 0 Å². The summed E-state index contributed by atoms with van der Waals surface area (Å²) < 4.78 is 36.2. The average Bonchev–Trinajstić information content (AvgIpc) is 2.48. The summed E-state index contributed by atoms with van der Waals surface area (Å²) in [6, 6.07) is 0. The average molecular weight is 332 g/mol. The van der Waals surface area contributed by atoms with Crippen molar-refractivity contribution in [3.8, 4) is 0 Å². The maximum absolute atomic E-state index is 14.8. The lowest BCUT2D eigenvalue weighted by Gasteiger charge is -2.42. The number of hydrogen-bond acceptors (Lipinski definition) is 6. The molecule has 0 amide bonds. The first-order valence-electron chi connectivity index (χ1n) is 8.18. The topological polar surface area (TPSA) is 71.1 Å². The third kappa shape index (κ3) is 4.88. The molecule has 7 heteroatoms. The first kappa shape index (κ1) is 18.1. The van der Waals surface area contributed by atoms with Gasteiger partial charge >= 0.3 is 11.9 Å². The highest BCUT2D eigenvalue weighted by molar-refractivity contribution is 5.67. The Labute approximate surface area is 135 Å². The molecule has 0 aromatic carbocycles. The molecule has 5 atom stereocenters. The van der Waals surface area contributed by atoms with Crippen LogP contribution < -0.4 is 0 Å². The fraction of sp³-hybridized carbons (Fsp3) is 0.875. The van der Waals surface area contributed by atoms with Crippen LogP contribution in [0, 0.1) is 0 Å².